The lowest BCUT2D eigenvalue weighted by Crippen LogP contribution is -2.31. The topological polar surface area (TPSA) is 66.3 Å². The first kappa shape index (κ1) is 20.8. The number of hydrogen-bond donors (Lipinski definition) is 0. The summed E-state index contributed by atoms with van der Waals surface area (Å²) in [6.45, 7) is -0.362. The standard InChI is InChI=1S/C15H7Cl3F5N5/c16-9-1-6(15(21,22)23)2-10(17)12(9)28-5-8(11(3-24)26-28)14(18)7(13(19)20)4-25-27-14/h1-2,5,7,13H,4H2. The molecule has 0 bridgehead atoms. The van der Waals surface area contributed by atoms with Gasteiger partial charge in [-0.25, -0.2) is 13.5 Å². The van der Waals surface area contributed by atoms with Crippen molar-refractivity contribution in [3.63, 3.8) is 0 Å². The van der Waals surface area contributed by atoms with Crippen molar-refractivity contribution >= 4 is 34.8 Å². The second-order valence-corrected chi connectivity index (χ2v) is 7.16. The summed E-state index contributed by atoms with van der Waals surface area (Å²) in [7, 11) is 0. The first-order valence-electron chi connectivity index (χ1n) is 7.41. The molecule has 1 aliphatic heterocycles. The molecule has 1 aromatic heterocycles. The van der Waals surface area contributed by atoms with Crippen LogP contribution in [0.25, 0.3) is 5.69 Å². The molecule has 0 N–H and O–H groups in total. The van der Waals surface area contributed by atoms with Gasteiger partial charge in [-0.1, -0.05) is 34.8 Å². The molecule has 0 radical (unpaired) electrons. The van der Waals surface area contributed by atoms with E-state index < -0.39 is 39.1 Å². The van der Waals surface area contributed by atoms with Crippen molar-refractivity contribution in [1.29, 1.82) is 5.26 Å². The molecule has 5 nitrogen and oxygen atoms in total. The van der Waals surface area contributed by atoms with Gasteiger partial charge in [-0.05, 0) is 12.1 Å². The second kappa shape index (κ2) is 7.13. The summed E-state index contributed by atoms with van der Waals surface area (Å²) in [5, 5.41) is 19.5. The van der Waals surface area contributed by atoms with E-state index >= 15 is 0 Å². The molecule has 148 valence electrons. The summed E-state index contributed by atoms with van der Waals surface area (Å²) in [6.07, 6.45) is -6.50. The van der Waals surface area contributed by atoms with Crippen molar-refractivity contribution < 1.29 is 22.0 Å². The molecule has 1 aromatic carbocycles. The van der Waals surface area contributed by atoms with E-state index in [1.54, 1.807) is 6.07 Å². The van der Waals surface area contributed by atoms with Crippen LogP contribution in [0.4, 0.5) is 22.0 Å². The average Bonchev–Trinajstić information content (AvgIpc) is 3.18. The minimum atomic E-state index is -4.69. The van der Waals surface area contributed by atoms with Crippen molar-refractivity contribution in [2.75, 3.05) is 6.54 Å². The Morgan fingerprint density at radius 2 is 1.86 bits per heavy atom. The summed E-state index contributed by atoms with van der Waals surface area (Å²) in [4.78, 5) is -2.05. The molecule has 3 rings (SSSR count). The predicted octanol–water partition coefficient (Wildman–Crippen LogP) is 5.81. The SMILES string of the molecule is N#Cc1nn(-c2c(Cl)cc(C(F)(F)F)cc2Cl)cc1C1(Cl)N=NCC1C(F)F. The van der Waals surface area contributed by atoms with Crippen molar-refractivity contribution in [2.45, 2.75) is 17.6 Å². The molecule has 2 atom stereocenters. The maximum Gasteiger partial charge on any atom is 0.416 e. The van der Waals surface area contributed by atoms with E-state index in [1.165, 1.54) is 0 Å². The summed E-state index contributed by atoms with van der Waals surface area (Å²) in [5.41, 5.74) is -1.82. The lowest BCUT2D eigenvalue weighted by atomic mass is 9.94. The third-order valence-electron chi connectivity index (χ3n) is 4.06. The molecule has 2 unspecified atom stereocenters. The molecule has 0 fully saturated rings. The Hall–Kier alpha value is -1.96. The van der Waals surface area contributed by atoms with Crippen LogP contribution in [0.1, 0.15) is 16.8 Å². The number of rotatable bonds is 3. The van der Waals surface area contributed by atoms with Crippen LogP contribution in [0.3, 0.4) is 0 Å². The number of nitrogens with zero attached hydrogens (tertiary/aromatic N) is 5. The minimum absolute atomic E-state index is 0.178. The van der Waals surface area contributed by atoms with Gasteiger partial charge in [-0.3, -0.25) is 0 Å². The Morgan fingerprint density at radius 1 is 1.25 bits per heavy atom. The fourth-order valence-corrected chi connectivity index (χ4v) is 3.72. The normalized spacial score (nSPS) is 22.1. The van der Waals surface area contributed by atoms with Gasteiger partial charge in [0, 0.05) is 6.20 Å². The fraction of sp³-hybridized carbons (Fsp3) is 0.333. The van der Waals surface area contributed by atoms with E-state index in [0.29, 0.717) is 12.1 Å². The minimum Gasteiger partial charge on any atom is -0.236 e. The Kier molecular flexibility index (Phi) is 5.29. The monoisotopic (exact) mass is 457 g/mol. The third-order valence-corrected chi connectivity index (χ3v) is 5.20. The van der Waals surface area contributed by atoms with Crippen LogP contribution in [-0.4, -0.2) is 22.8 Å². The van der Waals surface area contributed by atoms with Gasteiger partial charge in [0.1, 0.15) is 11.8 Å². The number of halogens is 8. The third kappa shape index (κ3) is 3.43. The quantitative estimate of drug-likeness (QED) is 0.331. The van der Waals surface area contributed by atoms with E-state index in [1.807, 2.05) is 0 Å². The smallest absolute Gasteiger partial charge is 0.236 e. The fourth-order valence-electron chi connectivity index (χ4n) is 2.70. The highest BCUT2D eigenvalue weighted by Crippen LogP contribution is 2.47. The maximum atomic E-state index is 13.3. The van der Waals surface area contributed by atoms with Crippen LogP contribution < -0.4 is 0 Å². The number of hydrogen-bond acceptors (Lipinski definition) is 4. The summed E-state index contributed by atoms with van der Waals surface area (Å²) in [5.74, 6) is -1.52. The Labute approximate surface area is 169 Å². The Balaban J connectivity index is 2.15. The van der Waals surface area contributed by atoms with Gasteiger partial charge in [0.2, 0.25) is 6.43 Å². The van der Waals surface area contributed by atoms with Crippen LogP contribution in [0.2, 0.25) is 10.0 Å². The van der Waals surface area contributed by atoms with Crippen molar-refractivity contribution in [2.24, 2.45) is 16.1 Å². The average molecular weight is 459 g/mol. The molecule has 1 aliphatic rings. The van der Waals surface area contributed by atoms with Gasteiger partial charge in [0.25, 0.3) is 0 Å². The summed E-state index contributed by atoms with van der Waals surface area (Å²) in [6, 6.07) is 2.95. The van der Waals surface area contributed by atoms with Crippen LogP contribution in [0, 0.1) is 17.2 Å². The Morgan fingerprint density at radius 3 is 2.36 bits per heavy atom. The summed E-state index contributed by atoms with van der Waals surface area (Å²) >= 11 is 18.1. The van der Waals surface area contributed by atoms with E-state index in [0.717, 1.165) is 10.9 Å². The highest BCUT2D eigenvalue weighted by Gasteiger charge is 2.50. The zero-order chi connectivity index (χ0) is 20.9. The van der Waals surface area contributed by atoms with Gasteiger partial charge >= 0.3 is 6.18 Å². The van der Waals surface area contributed by atoms with E-state index in [2.05, 4.69) is 15.3 Å². The highest BCUT2D eigenvalue weighted by atomic mass is 35.5. The zero-order valence-electron chi connectivity index (χ0n) is 13.4. The number of alkyl halides is 6. The largest absolute Gasteiger partial charge is 0.416 e. The summed E-state index contributed by atoms with van der Waals surface area (Å²) < 4.78 is 66.2. The van der Waals surface area contributed by atoms with E-state index in [4.69, 9.17) is 34.8 Å². The molecule has 0 aliphatic carbocycles. The van der Waals surface area contributed by atoms with Gasteiger partial charge in [0.05, 0.1) is 33.6 Å². The van der Waals surface area contributed by atoms with Crippen LogP contribution >= 0.6 is 34.8 Å². The molecular formula is C15H7Cl3F5N5. The van der Waals surface area contributed by atoms with Crippen molar-refractivity contribution in [1.82, 2.24) is 9.78 Å². The molecule has 28 heavy (non-hydrogen) atoms. The van der Waals surface area contributed by atoms with E-state index in [-0.39, 0.29) is 23.5 Å². The highest BCUT2D eigenvalue weighted by molar-refractivity contribution is 6.37. The van der Waals surface area contributed by atoms with Crippen molar-refractivity contribution in [3.05, 3.63) is 45.2 Å². The number of benzene rings is 1. The van der Waals surface area contributed by atoms with Gasteiger partial charge in [-0.15, -0.1) is 0 Å². The predicted molar refractivity (Wildman–Crippen MR) is 90.0 cm³/mol. The number of aromatic nitrogens is 2. The Bertz CT molecular complexity index is 974. The van der Waals surface area contributed by atoms with Gasteiger partial charge in [-0.2, -0.15) is 33.8 Å². The van der Waals surface area contributed by atoms with Crippen molar-refractivity contribution in [3.8, 4) is 11.8 Å². The lowest BCUT2D eigenvalue weighted by Gasteiger charge is -2.23. The van der Waals surface area contributed by atoms with Gasteiger partial charge in [0.15, 0.2) is 10.7 Å². The molecule has 0 amide bonds. The van der Waals surface area contributed by atoms with E-state index in [9.17, 15) is 27.2 Å². The molecule has 2 heterocycles. The number of nitriles is 1. The molecule has 2 aromatic rings. The molecule has 0 spiro atoms. The van der Waals surface area contributed by atoms with Crippen LogP contribution in [0.5, 0.6) is 0 Å². The molecule has 13 heteroatoms. The molecular weight excluding hydrogens is 452 g/mol. The molecule has 0 saturated carbocycles. The zero-order valence-corrected chi connectivity index (χ0v) is 15.6. The first-order valence-corrected chi connectivity index (χ1v) is 8.55. The maximum absolute atomic E-state index is 13.3. The molecule has 0 saturated heterocycles. The van der Waals surface area contributed by atoms with Crippen LogP contribution in [-0.2, 0) is 11.2 Å². The number of azo groups is 1. The lowest BCUT2D eigenvalue weighted by molar-refractivity contribution is -0.137. The van der Waals surface area contributed by atoms with Crippen LogP contribution in [0.15, 0.2) is 28.6 Å². The first-order chi connectivity index (χ1) is 13.0. The van der Waals surface area contributed by atoms with Gasteiger partial charge < -0.3 is 0 Å². The second-order valence-electron chi connectivity index (χ2n) is 5.77.